The summed E-state index contributed by atoms with van der Waals surface area (Å²) in [6.07, 6.45) is 3.45. The molecule has 0 saturated heterocycles. The fraction of sp³-hybridized carbons (Fsp3) is 0.176. The third kappa shape index (κ3) is 4.81. The van der Waals surface area contributed by atoms with E-state index in [1.165, 1.54) is 23.9 Å². The summed E-state index contributed by atoms with van der Waals surface area (Å²) in [5.41, 5.74) is 2.36. The zero-order chi connectivity index (χ0) is 20.1. The first-order valence-electron chi connectivity index (χ1n) is 8.11. The lowest BCUT2D eigenvalue weighted by atomic mass is 10.1. The molecule has 11 heteroatoms. The summed E-state index contributed by atoms with van der Waals surface area (Å²) >= 11 is 1.40. The number of aromatic nitrogens is 4. The van der Waals surface area contributed by atoms with Crippen LogP contribution in [0.2, 0.25) is 0 Å². The molecule has 0 radical (unpaired) electrons. The van der Waals surface area contributed by atoms with E-state index in [0.717, 1.165) is 0 Å². The molecule has 0 unspecified atom stereocenters. The number of primary sulfonamides is 1. The first-order chi connectivity index (χ1) is 13.4. The molecule has 3 aromatic rings. The van der Waals surface area contributed by atoms with Gasteiger partial charge in [0.2, 0.25) is 10.0 Å². The molecule has 3 rings (SSSR count). The van der Waals surface area contributed by atoms with Crippen molar-refractivity contribution in [1.82, 2.24) is 20.2 Å². The van der Waals surface area contributed by atoms with Gasteiger partial charge in [-0.25, -0.2) is 23.5 Å². The predicted molar refractivity (Wildman–Crippen MR) is 106 cm³/mol. The second kappa shape index (κ2) is 8.61. The van der Waals surface area contributed by atoms with Crippen molar-refractivity contribution < 1.29 is 13.5 Å². The number of aliphatic hydroxyl groups is 1. The molecule has 0 aliphatic carbocycles. The Bertz CT molecular complexity index is 1070. The van der Waals surface area contributed by atoms with Gasteiger partial charge in [-0.1, -0.05) is 23.9 Å². The SMILES string of the molecule is CSc1ncc(CO)c(NCc2ccc(-c3cccc(S(N)(=O)=O)c3)nn2)n1. The van der Waals surface area contributed by atoms with Crippen molar-refractivity contribution in [3.05, 3.63) is 53.9 Å². The summed E-state index contributed by atoms with van der Waals surface area (Å²) in [6.45, 7) is 0.171. The molecule has 28 heavy (non-hydrogen) atoms. The average molecular weight is 419 g/mol. The molecule has 0 aliphatic heterocycles. The van der Waals surface area contributed by atoms with Crippen molar-refractivity contribution in [3.63, 3.8) is 0 Å². The van der Waals surface area contributed by atoms with Gasteiger partial charge in [-0.3, -0.25) is 0 Å². The number of nitrogens with one attached hydrogen (secondary N) is 1. The number of sulfonamides is 1. The summed E-state index contributed by atoms with van der Waals surface area (Å²) < 4.78 is 23.0. The molecule has 0 aliphatic rings. The van der Waals surface area contributed by atoms with E-state index >= 15 is 0 Å². The minimum absolute atomic E-state index is 0.0161. The summed E-state index contributed by atoms with van der Waals surface area (Å²) in [5, 5.41) is 26.6. The van der Waals surface area contributed by atoms with Crippen molar-refractivity contribution in [1.29, 1.82) is 0 Å². The number of thioether (sulfide) groups is 1. The Labute approximate surface area is 166 Å². The van der Waals surface area contributed by atoms with Crippen LogP contribution in [0.5, 0.6) is 0 Å². The quantitative estimate of drug-likeness (QED) is 0.383. The molecular weight excluding hydrogens is 400 g/mol. The van der Waals surface area contributed by atoms with E-state index in [4.69, 9.17) is 5.14 Å². The fourth-order valence-corrected chi connectivity index (χ4v) is 3.27. The van der Waals surface area contributed by atoms with Gasteiger partial charge in [0.05, 0.1) is 29.4 Å². The molecular formula is C17H18N6O3S2. The van der Waals surface area contributed by atoms with E-state index in [1.54, 1.807) is 30.5 Å². The normalized spacial score (nSPS) is 11.4. The van der Waals surface area contributed by atoms with Gasteiger partial charge in [-0.15, -0.1) is 0 Å². The van der Waals surface area contributed by atoms with Crippen molar-refractivity contribution in [2.24, 2.45) is 5.14 Å². The monoisotopic (exact) mass is 418 g/mol. The Morgan fingerprint density at radius 1 is 1.21 bits per heavy atom. The highest BCUT2D eigenvalue weighted by Gasteiger charge is 2.10. The zero-order valence-corrected chi connectivity index (χ0v) is 16.5. The summed E-state index contributed by atoms with van der Waals surface area (Å²) in [5.74, 6) is 0.536. The topological polar surface area (TPSA) is 144 Å². The van der Waals surface area contributed by atoms with Gasteiger partial charge in [0.15, 0.2) is 5.16 Å². The van der Waals surface area contributed by atoms with E-state index in [0.29, 0.717) is 40.0 Å². The average Bonchev–Trinajstić information content (AvgIpc) is 2.72. The Balaban J connectivity index is 1.76. The van der Waals surface area contributed by atoms with Crippen molar-refractivity contribution in [2.75, 3.05) is 11.6 Å². The number of nitrogens with two attached hydrogens (primary N) is 1. The second-order valence-electron chi connectivity index (χ2n) is 5.72. The molecule has 0 atom stereocenters. The molecule has 0 fully saturated rings. The second-order valence-corrected chi connectivity index (χ2v) is 8.06. The Morgan fingerprint density at radius 3 is 2.68 bits per heavy atom. The van der Waals surface area contributed by atoms with Gasteiger partial charge in [0, 0.05) is 17.3 Å². The van der Waals surface area contributed by atoms with E-state index in [9.17, 15) is 13.5 Å². The van der Waals surface area contributed by atoms with E-state index < -0.39 is 10.0 Å². The lowest BCUT2D eigenvalue weighted by molar-refractivity contribution is 0.281. The van der Waals surface area contributed by atoms with Crippen molar-refractivity contribution in [3.8, 4) is 11.3 Å². The highest BCUT2D eigenvalue weighted by molar-refractivity contribution is 7.98. The van der Waals surface area contributed by atoms with E-state index in [2.05, 4.69) is 25.5 Å². The Hall–Kier alpha value is -2.60. The minimum atomic E-state index is -3.79. The van der Waals surface area contributed by atoms with Crippen LogP contribution in [-0.2, 0) is 23.2 Å². The van der Waals surface area contributed by atoms with Gasteiger partial charge < -0.3 is 10.4 Å². The van der Waals surface area contributed by atoms with Crippen LogP contribution >= 0.6 is 11.8 Å². The van der Waals surface area contributed by atoms with Crippen LogP contribution in [0.4, 0.5) is 5.82 Å². The summed E-state index contributed by atoms with van der Waals surface area (Å²) in [7, 11) is -3.79. The standard InChI is InChI=1S/C17H18N6O3S2/c1-27-17-20-8-12(10-24)16(21-17)19-9-13-5-6-15(23-22-13)11-3-2-4-14(7-11)28(18,25)26/h2-8,24H,9-10H2,1H3,(H2,18,25,26)(H,19,20,21). The number of nitrogens with zero attached hydrogens (tertiary/aromatic N) is 4. The van der Waals surface area contributed by atoms with Crippen LogP contribution in [0.1, 0.15) is 11.3 Å². The zero-order valence-electron chi connectivity index (χ0n) is 14.9. The molecule has 2 aromatic heterocycles. The molecule has 0 bridgehead atoms. The maximum atomic E-state index is 11.5. The number of hydrogen-bond acceptors (Lipinski definition) is 9. The Kier molecular flexibility index (Phi) is 6.19. The lowest BCUT2D eigenvalue weighted by Crippen LogP contribution is -2.12. The smallest absolute Gasteiger partial charge is 0.238 e. The van der Waals surface area contributed by atoms with Gasteiger partial charge >= 0.3 is 0 Å². The van der Waals surface area contributed by atoms with Gasteiger partial charge in [0.25, 0.3) is 0 Å². The number of hydrogen-bond donors (Lipinski definition) is 3. The molecule has 0 spiro atoms. The van der Waals surface area contributed by atoms with Gasteiger partial charge in [0.1, 0.15) is 5.82 Å². The van der Waals surface area contributed by atoms with E-state index in [1.807, 2.05) is 6.26 Å². The van der Waals surface area contributed by atoms with Gasteiger partial charge in [-0.05, 0) is 30.5 Å². The maximum absolute atomic E-state index is 11.5. The Morgan fingerprint density at radius 2 is 2.04 bits per heavy atom. The summed E-state index contributed by atoms with van der Waals surface area (Å²) in [4.78, 5) is 8.48. The highest BCUT2D eigenvalue weighted by Crippen LogP contribution is 2.20. The predicted octanol–water partition coefficient (Wildman–Crippen LogP) is 1.41. The molecule has 4 N–H and O–H groups in total. The lowest BCUT2D eigenvalue weighted by Gasteiger charge is -2.10. The third-order valence-electron chi connectivity index (χ3n) is 3.81. The van der Waals surface area contributed by atoms with Crippen molar-refractivity contribution in [2.45, 2.75) is 23.2 Å². The molecule has 0 saturated carbocycles. The largest absolute Gasteiger partial charge is 0.391 e. The molecule has 0 amide bonds. The van der Waals surface area contributed by atoms with E-state index in [-0.39, 0.29) is 11.5 Å². The highest BCUT2D eigenvalue weighted by atomic mass is 32.2. The first-order valence-corrected chi connectivity index (χ1v) is 10.9. The third-order valence-corrected chi connectivity index (χ3v) is 5.28. The van der Waals surface area contributed by atoms with Crippen LogP contribution in [0.3, 0.4) is 0 Å². The van der Waals surface area contributed by atoms with Crippen LogP contribution in [-0.4, -0.2) is 39.9 Å². The molecule has 9 nitrogen and oxygen atoms in total. The van der Waals surface area contributed by atoms with Crippen LogP contribution in [0, 0.1) is 0 Å². The van der Waals surface area contributed by atoms with Gasteiger partial charge in [-0.2, -0.15) is 10.2 Å². The van der Waals surface area contributed by atoms with Crippen LogP contribution in [0.25, 0.3) is 11.3 Å². The fourth-order valence-electron chi connectivity index (χ4n) is 2.37. The minimum Gasteiger partial charge on any atom is -0.391 e. The molecule has 146 valence electrons. The molecule has 1 aromatic carbocycles. The number of rotatable bonds is 7. The number of anilines is 1. The molecule has 2 heterocycles. The maximum Gasteiger partial charge on any atom is 0.238 e. The number of aliphatic hydroxyl groups excluding tert-OH is 1. The first kappa shape index (κ1) is 20.1. The van der Waals surface area contributed by atoms with Crippen molar-refractivity contribution >= 4 is 27.6 Å². The summed E-state index contributed by atoms with van der Waals surface area (Å²) in [6, 6.07) is 9.72. The van der Waals surface area contributed by atoms with Crippen LogP contribution < -0.4 is 10.5 Å². The number of benzene rings is 1. The van der Waals surface area contributed by atoms with Crippen LogP contribution in [0.15, 0.2) is 52.6 Å².